The molecule has 3 rings (SSSR count). The molecule has 11 heteroatoms. The molecule has 0 atom stereocenters. The summed E-state index contributed by atoms with van der Waals surface area (Å²) in [4.78, 5) is 11.9. The van der Waals surface area contributed by atoms with Crippen molar-refractivity contribution in [3.63, 3.8) is 0 Å². The number of hydrogen-bond acceptors (Lipinski definition) is 5. The second-order valence-corrected chi connectivity index (χ2v) is 8.99. The zero-order valence-electron chi connectivity index (χ0n) is 12.7. The van der Waals surface area contributed by atoms with Crippen LogP contribution in [0.1, 0.15) is 17.0 Å². The van der Waals surface area contributed by atoms with Gasteiger partial charge in [-0.15, -0.1) is 0 Å². The van der Waals surface area contributed by atoms with E-state index < -0.39 is 37.2 Å². The van der Waals surface area contributed by atoms with Crippen LogP contribution in [0.15, 0.2) is 58.3 Å². The number of carbonyl (C=O) groups is 1. The summed E-state index contributed by atoms with van der Waals surface area (Å²) < 4.78 is 86.6. The predicted octanol–water partition coefficient (Wildman–Crippen LogP) is 1.93. The maximum atomic E-state index is 12.7. The highest BCUT2D eigenvalue weighted by Gasteiger charge is 2.49. The lowest BCUT2D eigenvalue weighted by Gasteiger charge is -2.27. The minimum Gasteiger partial charge on any atom is -0.273 e. The molecule has 0 saturated heterocycles. The molecule has 0 spiro atoms. The summed E-state index contributed by atoms with van der Waals surface area (Å²) in [6.07, 6.45) is 0. The largest absolute Gasteiger partial charge is 0.516 e. The average Bonchev–Trinajstić information content (AvgIpc) is 2.54. The van der Waals surface area contributed by atoms with E-state index in [2.05, 4.69) is 0 Å². The summed E-state index contributed by atoms with van der Waals surface area (Å²) in [7, 11) is -9.92. The molecule has 2 aromatic carbocycles. The average molecular weight is 405 g/mol. The van der Waals surface area contributed by atoms with Gasteiger partial charge in [0.05, 0.1) is 15.7 Å². The lowest BCUT2D eigenvalue weighted by atomic mass is 9.90. The maximum Gasteiger partial charge on any atom is 0.516 e. The molecule has 26 heavy (non-hydrogen) atoms. The number of nitrogens with one attached hydrogen (secondary N) is 1. The first-order valence-electron chi connectivity index (χ1n) is 7.02. The van der Waals surface area contributed by atoms with Crippen LogP contribution in [0.5, 0.6) is 0 Å². The normalized spacial score (nSPS) is 16.4. The van der Waals surface area contributed by atoms with E-state index in [1.807, 2.05) is 0 Å². The smallest absolute Gasteiger partial charge is 0.273 e. The number of alkyl halides is 3. The van der Waals surface area contributed by atoms with Gasteiger partial charge in [0.2, 0.25) is 15.7 Å². The van der Waals surface area contributed by atoms with Crippen molar-refractivity contribution in [1.29, 1.82) is 0 Å². The molecule has 1 N–H and O–H groups in total. The summed E-state index contributed by atoms with van der Waals surface area (Å²) in [6, 6.07) is 10.5. The number of benzene rings is 2. The molecule has 0 aliphatic carbocycles. The van der Waals surface area contributed by atoms with Crippen molar-refractivity contribution in [3.05, 3.63) is 59.7 Å². The first-order valence-corrected chi connectivity index (χ1v) is 9.99. The van der Waals surface area contributed by atoms with Crippen molar-refractivity contribution in [2.75, 3.05) is 0 Å². The molecule has 0 saturated carbocycles. The summed E-state index contributed by atoms with van der Waals surface area (Å²) in [5.74, 6) is -3.01. The Balaban J connectivity index is 2.19. The highest BCUT2D eigenvalue weighted by atomic mass is 32.2. The van der Waals surface area contributed by atoms with Crippen LogP contribution in [-0.2, 0) is 24.7 Å². The lowest BCUT2D eigenvalue weighted by Crippen LogP contribution is -2.43. The molecule has 0 radical (unpaired) electrons. The number of sulfone groups is 1. The van der Waals surface area contributed by atoms with Crippen LogP contribution in [-0.4, -0.2) is 28.3 Å². The van der Waals surface area contributed by atoms with Gasteiger partial charge in [-0.1, -0.05) is 36.4 Å². The van der Waals surface area contributed by atoms with Crippen LogP contribution in [0.2, 0.25) is 0 Å². The highest BCUT2D eigenvalue weighted by molar-refractivity contribution is 7.91. The van der Waals surface area contributed by atoms with Gasteiger partial charge in [0.15, 0.2) is 0 Å². The van der Waals surface area contributed by atoms with E-state index in [4.69, 9.17) is 0 Å². The van der Waals surface area contributed by atoms with Crippen molar-refractivity contribution in [3.8, 4) is 0 Å². The topological polar surface area (TPSA) is 97.4 Å². The van der Waals surface area contributed by atoms with E-state index in [1.165, 1.54) is 48.5 Å². The molecule has 1 aliphatic heterocycles. The number of hydrogen-bond donors (Lipinski definition) is 1. The van der Waals surface area contributed by atoms with Crippen LogP contribution in [0.3, 0.4) is 0 Å². The van der Waals surface area contributed by atoms with Crippen LogP contribution in [0, 0.1) is 0 Å². The van der Waals surface area contributed by atoms with E-state index in [0.29, 0.717) is 0 Å². The molecule has 0 fully saturated rings. The van der Waals surface area contributed by atoms with Crippen LogP contribution in [0.4, 0.5) is 13.2 Å². The summed E-state index contributed by atoms with van der Waals surface area (Å²) in [6.45, 7) is 0. The number of fused-ring (bicyclic) bond motifs is 2. The van der Waals surface area contributed by atoms with E-state index in [0.717, 1.165) is 4.72 Å². The highest BCUT2D eigenvalue weighted by Crippen LogP contribution is 2.42. The molecule has 0 bridgehead atoms. The summed E-state index contributed by atoms with van der Waals surface area (Å²) in [5.41, 5.74) is -5.87. The SMILES string of the molecule is O=C(NS(=O)(=O)C(F)(F)F)C1c2ccccc2S(=O)(=O)c2ccccc21. The Bertz CT molecular complexity index is 1050. The first kappa shape index (κ1) is 18.4. The summed E-state index contributed by atoms with van der Waals surface area (Å²) in [5, 5.41) is 0. The molecular weight excluding hydrogens is 395 g/mol. The van der Waals surface area contributed by atoms with Crippen molar-refractivity contribution in [2.45, 2.75) is 21.2 Å². The van der Waals surface area contributed by atoms with E-state index in [9.17, 15) is 34.8 Å². The van der Waals surface area contributed by atoms with Gasteiger partial charge in [0.25, 0.3) is 0 Å². The fourth-order valence-corrected chi connectivity index (χ4v) is 4.99. The van der Waals surface area contributed by atoms with E-state index >= 15 is 0 Å². The zero-order valence-corrected chi connectivity index (χ0v) is 14.3. The number of halogens is 3. The third-order valence-electron chi connectivity index (χ3n) is 3.84. The van der Waals surface area contributed by atoms with Crippen molar-refractivity contribution >= 4 is 25.8 Å². The van der Waals surface area contributed by atoms with Crippen molar-refractivity contribution in [1.82, 2.24) is 4.72 Å². The predicted molar refractivity (Wildman–Crippen MR) is 83.3 cm³/mol. The van der Waals surface area contributed by atoms with E-state index in [-0.39, 0.29) is 20.9 Å². The van der Waals surface area contributed by atoms with Gasteiger partial charge in [-0.05, 0) is 23.3 Å². The first-order chi connectivity index (χ1) is 12.0. The van der Waals surface area contributed by atoms with Gasteiger partial charge in [0, 0.05) is 0 Å². The second-order valence-electron chi connectivity index (χ2n) is 5.43. The van der Waals surface area contributed by atoms with Crippen LogP contribution in [0.25, 0.3) is 0 Å². The molecule has 6 nitrogen and oxygen atoms in total. The Morgan fingerprint density at radius 1 is 0.923 bits per heavy atom. The molecular formula is C15H10F3NO5S2. The van der Waals surface area contributed by atoms with Gasteiger partial charge >= 0.3 is 15.5 Å². The van der Waals surface area contributed by atoms with Crippen molar-refractivity contribution < 1.29 is 34.8 Å². The number of rotatable bonds is 2. The van der Waals surface area contributed by atoms with Crippen LogP contribution >= 0.6 is 0 Å². The molecule has 1 heterocycles. The monoisotopic (exact) mass is 405 g/mol. The number of sulfonamides is 1. The maximum absolute atomic E-state index is 12.7. The van der Waals surface area contributed by atoms with Gasteiger partial charge in [-0.25, -0.2) is 13.1 Å². The Morgan fingerprint density at radius 2 is 1.35 bits per heavy atom. The quantitative estimate of drug-likeness (QED) is 0.824. The van der Waals surface area contributed by atoms with Crippen molar-refractivity contribution in [2.24, 2.45) is 0 Å². The number of carbonyl (C=O) groups excluding carboxylic acids is 1. The minimum atomic E-state index is -5.93. The Hall–Kier alpha value is -2.40. The molecule has 1 aliphatic rings. The Kier molecular flexibility index (Phi) is 4.11. The number of amides is 1. The van der Waals surface area contributed by atoms with Gasteiger partial charge in [-0.2, -0.15) is 21.6 Å². The molecule has 138 valence electrons. The zero-order chi connectivity index (χ0) is 19.3. The minimum absolute atomic E-state index is 0.0962. The van der Waals surface area contributed by atoms with Gasteiger partial charge in [-0.3, -0.25) is 4.79 Å². The molecule has 0 aromatic heterocycles. The standard InChI is InChI=1S/C15H10F3NO5S2/c16-15(17,18)26(23,24)19-14(20)13-9-5-1-3-7-11(9)25(21,22)12-8-4-2-6-10(12)13/h1-8,13H,(H,19,20). The molecule has 0 unspecified atom stereocenters. The van der Waals surface area contributed by atoms with Crippen LogP contribution < -0.4 is 4.72 Å². The third kappa shape index (κ3) is 2.76. The Morgan fingerprint density at radius 3 is 1.77 bits per heavy atom. The fraction of sp³-hybridized carbons (Fsp3) is 0.133. The van der Waals surface area contributed by atoms with E-state index in [1.54, 1.807) is 0 Å². The fourth-order valence-electron chi connectivity index (χ4n) is 2.75. The lowest BCUT2D eigenvalue weighted by molar-refractivity contribution is -0.120. The molecule has 2 aromatic rings. The Labute approximate surface area is 146 Å². The molecule has 1 amide bonds. The van der Waals surface area contributed by atoms with Gasteiger partial charge < -0.3 is 0 Å². The van der Waals surface area contributed by atoms with Gasteiger partial charge in [0.1, 0.15) is 0 Å². The summed E-state index contributed by atoms with van der Waals surface area (Å²) >= 11 is 0. The second kappa shape index (κ2) is 5.81. The third-order valence-corrected chi connectivity index (χ3v) is 6.82.